The SMILES string of the molecule is CN(Cc1ccnc(C(=N)N)c1)C1CCCCCC1. The summed E-state index contributed by atoms with van der Waals surface area (Å²) >= 11 is 0. The summed E-state index contributed by atoms with van der Waals surface area (Å²) in [5.74, 6) is 0.0407. The molecule has 0 amide bonds. The maximum Gasteiger partial charge on any atom is 0.141 e. The van der Waals surface area contributed by atoms with Gasteiger partial charge in [-0.25, -0.2) is 0 Å². The quantitative estimate of drug-likeness (QED) is 0.496. The minimum atomic E-state index is 0.0407. The molecule has 0 aliphatic heterocycles. The Morgan fingerprint density at radius 2 is 2.05 bits per heavy atom. The Bertz CT molecular complexity index is 422. The van der Waals surface area contributed by atoms with E-state index in [1.165, 1.54) is 44.1 Å². The number of rotatable bonds is 4. The average Bonchev–Trinajstić information content (AvgIpc) is 2.68. The Balaban J connectivity index is 1.99. The van der Waals surface area contributed by atoms with Crippen LogP contribution in [-0.4, -0.2) is 28.8 Å². The van der Waals surface area contributed by atoms with Gasteiger partial charge in [0.05, 0.1) is 0 Å². The summed E-state index contributed by atoms with van der Waals surface area (Å²) in [5.41, 5.74) is 7.25. The van der Waals surface area contributed by atoms with Crippen LogP contribution in [-0.2, 0) is 6.54 Å². The molecule has 19 heavy (non-hydrogen) atoms. The minimum absolute atomic E-state index is 0.0407. The molecule has 0 atom stereocenters. The van der Waals surface area contributed by atoms with E-state index < -0.39 is 0 Å². The van der Waals surface area contributed by atoms with Crippen molar-refractivity contribution < 1.29 is 0 Å². The van der Waals surface area contributed by atoms with Gasteiger partial charge >= 0.3 is 0 Å². The lowest BCUT2D eigenvalue weighted by molar-refractivity contribution is 0.213. The number of aromatic nitrogens is 1. The largest absolute Gasteiger partial charge is 0.382 e. The molecular weight excluding hydrogens is 236 g/mol. The van der Waals surface area contributed by atoms with Gasteiger partial charge in [-0.05, 0) is 37.6 Å². The predicted molar refractivity (Wildman–Crippen MR) is 78.2 cm³/mol. The van der Waals surface area contributed by atoms with Gasteiger partial charge in [0.25, 0.3) is 0 Å². The summed E-state index contributed by atoms with van der Waals surface area (Å²) in [6.07, 6.45) is 9.82. The third-order valence-corrected chi connectivity index (χ3v) is 3.98. The summed E-state index contributed by atoms with van der Waals surface area (Å²) in [6, 6.07) is 4.63. The number of nitrogen functional groups attached to an aromatic ring is 1. The molecule has 0 unspecified atom stereocenters. The monoisotopic (exact) mass is 260 g/mol. The third-order valence-electron chi connectivity index (χ3n) is 3.98. The van der Waals surface area contributed by atoms with Gasteiger partial charge in [0.15, 0.2) is 0 Å². The number of nitrogens with one attached hydrogen (secondary N) is 1. The smallest absolute Gasteiger partial charge is 0.141 e. The van der Waals surface area contributed by atoms with E-state index in [1.807, 2.05) is 12.1 Å². The van der Waals surface area contributed by atoms with Gasteiger partial charge in [-0.1, -0.05) is 25.7 Å². The maximum atomic E-state index is 7.44. The van der Waals surface area contributed by atoms with Crippen LogP contribution in [0.4, 0.5) is 0 Å². The van der Waals surface area contributed by atoms with E-state index in [2.05, 4.69) is 16.9 Å². The van der Waals surface area contributed by atoms with Gasteiger partial charge in [-0.3, -0.25) is 15.3 Å². The van der Waals surface area contributed by atoms with Crippen LogP contribution in [0.15, 0.2) is 18.3 Å². The molecule has 0 aromatic carbocycles. The molecule has 1 aromatic heterocycles. The second-order valence-electron chi connectivity index (χ2n) is 5.52. The van der Waals surface area contributed by atoms with Crippen LogP contribution in [0.3, 0.4) is 0 Å². The fourth-order valence-corrected chi connectivity index (χ4v) is 2.84. The van der Waals surface area contributed by atoms with E-state index in [4.69, 9.17) is 11.1 Å². The van der Waals surface area contributed by atoms with Gasteiger partial charge < -0.3 is 5.73 Å². The number of hydrogen-bond donors (Lipinski definition) is 2. The molecular formula is C15H24N4. The number of nitrogens with zero attached hydrogens (tertiary/aromatic N) is 2. The number of nitrogens with two attached hydrogens (primary N) is 1. The first-order chi connectivity index (χ1) is 9.16. The van der Waals surface area contributed by atoms with Crippen molar-refractivity contribution in [3.05, 3.63) is 29.6 Å². The average molecular weight is 260 g/mol. The van der Waals surface area contributed by atoms with E-state index >= 15 is 0 Å². The van der Waals surface area contributed by atoms with E-state index in [0.717, 1.165) is 6.54 Å². The van der Waals surface area contributed by atoms with Gasteiger partial charge in [0.2, 0.25) is 0 Å². The van der Waals surface area contributed by atoms with Crippen LogP contribution in [0.2, 0.25) is 0 Å². The molecule has 104 valence electrons. The zero-order valence-electron chi connectivity index (χ0n) is 11.7. The lowest BCUT2D eigenvalue weighted by atomic mass is 10.1. The Morgan fingerprint density at radius 1 is 1.37 bits per heavy atom. The van der Waals surface area contributed by atoms with Crippen molar-refractivity contribution in [2.24, 2.45) is 5.73 Å². The predicted octanol–water partition coefficient (Wildman–Crippen LogP) is 2.52. The molecule has 1 aliphatic rings. The highest BCUT2D eigenvalue weighted by Gasteiger charge is 2.17. The van der Waals surface area contributed by atoms with Crippen LogP contribution < -0.4 is 5.73 Å². The van der Waals surface area contributed by atoms with Crippen LogP contribution >= 0.6 is 0 Å². The molecule has 4 nitrogen and oxygen atoms in total. The summed E-state index contributed by atoms with van der Waals surface area (Å²) in [7, 11) is 2.20. The zero-order valence-corrected chi connectivity index (χ0v) is 11.7. The van der Waals surface area contributed by atoms with Crippen LogP contribution in [0.5, 0.6) is 0 Å². The molecule has 0 bridgehead atoms. The van der Waals surface area contributed by atoms with Crippen molar-refractivity contribution in [3.63, 3.8) is 0 Å². The van der Waals surface area contributed by atoms with Gasteiger partial charge in [0, 0.05) is 18.8 Å². The molecule has 2 rings (SSSR count). The van der Waals surface area contributed by atoms with E-state index in [-0.39, 0.29) is 5.84 Å². The second-order valence-corrected chi connectivity index (χ2v) is 5.52. The molecule has 4 heteroatoms. The Morgan fingerprint density at radius 3 is 2.68 bits per heavy atom. The molecule has 1 aromatic rings. The standard InChI is InChI=1S/C15H24N4/c1-19(13-6-4-2-3-5-7-13)11-12-8-9-18-14(10-12)15(16)17/h8-10,13H,2-7,11H2,1H3,(H3,16,17). The molecule has 1 heterocycles. The first-order valence-electron chi connectivity index (χ1n) is 7.16. The van der Waals surface area contributed by atoms with Gasteiger partial charge in [-0.2, -0.15) is 0 Å². The first-order valence-corrected chi connectivity index (χ1v) is 7.16. The van der Waals surface area contributed by atoms with Crippen molar-refractivity contribution in [1.82, 2.24) is 9.88 Å². The highest BCUT2D eigenvalue weighted by molar-refractivity contribution is 5.93. The van der Waals surface area contributed by atoms with Crippen LogP contribution in [0, 0.1) is 5.41 Å². The minimum Gasteiger partial charge on any atom is -0.382 e. The van der Waals surface area contributed by atoms with Crippen molar-refractivity contribution in [2.75, 3.05) is 7.05 Å². The van der Waals surface area contributed by atoms with Crippen LogP contribution in [0.25, 0.3) is 0 Å². The molecule has 3 N–H and O–H groups in total. The molecule has 0 saturated heterocycles. The molecule has 0 spiro atoms. The fourth-order valence-electron chi connectivity index (χ4n) is 2.84. The zero-order chi connectivity index (χ0) is 13.7. The van der Waals surface area contributed by atoms with Crippen molar-refractivity contribution in [2.45, 2.75) is 51.1 Å². The normalized spacial score (nSPS) is 17.4. The van der Waals surface area contributed by atoms with Crippen molar-refractivity contribution >= 4 is 5.84 Å². The Labute approximate surface area is 115 Å². The maximum absolute atomic E-state index is 7.44. The van der Waals surface area contributed by atoms with Gasteiger partial charge in [-0.15, -0.1) is 0 Å². The second kappa shape index (κ2) is 6.66. The highest BCUT2D eigenvalue weighted by atomic mass is 15.1. The lowest BCUT2D eigenvalue weighted by Crippen LogP contribution is -2.30. The number of hydrogen-bond acceptors (Lipinski definition) is 3. The highest BCUT2D eigenvalue weighted by Crippen LogP contribution is 2.22. The van der Waals surface area contributed by atoms with E-state index in [0.29, 0.717) is 11.7 Å². The molecule has 0 radical (unpaired) electrons. The molecule has 1 saturated carbocycles. The Kier molecular flexibility index (Phi) is 4.91. The molecule has 1 fully saturated rings. The first kappa shape index (κ1) is 14.0. The summed E-state index contributed by atoms with van der Waals surface area (Å²) in [5, 5.41) is 7.44. The van der Waals surface area contributed by atoms with E-state index in [9.17, 15) is 0 Å². The summed E-state index contributed by atoms with van der Waals surface area (Å²) in [4.78, 5) is 6.54. The summed E-state index contributed by atoms with van der Waals surface area (Å²) in [6.45, 7) is 0.910. The fraction of sp³-hybridized carbons (Fsp3) is 0.600. The number of amidine groups is 1. The Hall–Kier alpha value is -1.42. The van der Waals surface area contributed by atoms with Crippen molar-refractivity contribution in [1.29, 1.82) is 5.41 Å². The molecule has 1 aliphatic carbocycles. The number of pyridine rings is 1. The lowest BCUT2D eigenvalue weighted by Gasteiger charge is -2.27. The van der Waals surface area contributed by atoms with Gasteiger partial charge in [0.1, 0.15) is 11.5 Å². The topological polar surface area (TPSA) is 66.0 Å². The third kappa shape index (κ3) is 4.03. The van der Waals surface area contributed by atoms with Crippen molar-refractivity contribution in [3.8, 4) is 0 Å². The van der Waals surface area contributed by atoms with Crippen LogP contribution in [0.1, 0.15) is 49.8 Å². The van der Waals surface area contributed by atoms with E-state index in [1.54, 1.807) is 6.20 Å². The summed E-state index contributed by atoms with van der Waals surface area (Å²) < 4.78 is 0.